The van der Waals surface area contributed by atoms with Gasteiger partial charge in [-0.05, 0) is 41.9 Å². The van der Waals surface area contributed by atoms with E-state index < -0.39 is 0 Å². The number of benzene rings is 1. The Bertz CT molecular complexity index is 401. The van der Waals surface area contributed by atoms with Crippen molar-refractivity contribution in [1.82, 2.24) is 0 Å². The second-order valence-corrected chi connectivity index (χ2v) is 6.54. The first-order valence-electron chi connectivity index (χ1n) is 7.40. The summed E-state index contributed by atoms with van der Waals surface area (Å²) >= 11 is 0. The van der Waals surface area contributed by atoms with Crippen molar-refractivity contribution in [1.29, 1.82) is 0 Å². The van der Waals surface area contributed by atoms with Crippen molar-refractivity contribution >= 4 is 5.69 Å². The number of hydrogen-bond donors (Lipinski definition) is 0. The molecule has 0 bridgehead atoms. The van der Waals surface area contributed by atoms with Crippen molar-refractivity contribution in [3.05, 3.63) is 29.3 Å². The first-order chi connectivity index (χ1) is 8.52. The van der Waals surface area contributed by atoms with Crippen molar-refractivity contribution in [2.24, 2.45) is 0 Å². The van der Waals surface area contributed by atoms with E-state index in [1.54, 1.807) is 5.56 Å². The number of fused-ring (bicyclic) bond motifs is 1. The quantitative estimate of drug-likeness (QED) is 0.756. The van der Waals surface area contributed by atoms with Crippen LogP contribution in [0.25, 0.3) is 0 Å². The minimum Gasteiger partial charge on any atom is -0.371 e. The number of hydrogen-bond acceptors (Lipinski definition) is 1. The van der Waals surface area contributed by atoms with Gasteiger partial charge in [-0.25, -0.2) is 0 Å². The first kappa shape index (κ1) is 13.5. The van der Waals surface area contributed by atoms with Gasteiger partial charge < -0.3 is 4.90 Å². The Morgan fingerprint density at radius 1 is 1.22 bits per heavy atom. The lowest BCUT2D eigenvalue weighted by Gasteiger charge is -2.33. The number of unbranched alkanes of at least 4 members (excludes halogenated alkanes) is 1. The second kappa shape index (κ2) is 5.34. The Morgan fingerprint density at radius 3 is 2.67 bits per heavy atom. The normalized spacial score (nSPS) is 15.7. The molecule has 100 valence electrons. The SMILES string of the molecule is CCCCN1CCCc2ccc(C(C)(C)C)cc21. The fraction of sp³-hybridized carbons (Fsp3) is 0.647. The smallest absolute Gasteiger partial charge is 0.0401 e. The van der Waals surface area contributed by atoms with E-state index in [2.05, 4.69) is 50.8 Å². The molecule has 2 rings (SSSR count). The highest BCUT2D eigenvalue weighted by molar-refractivity contribution is 5.58. The van der Waals surface area contributed by atoms with Crippen molar-refractivity contribution < 1.29 is 0 Å². The summed E-state index contributed by atoms with van der Waals surface area (Å²) < 4.78 is 0. The van der Waals surface area contributed by atoms with Gasteiger partial charge in [-0.15, -0.1) is 0 Å². The fourth-order valence-corrected chi connectivity index (χ4v) is 2.70. The third kappa shape index (κ3) is 2.88. The molecule has 0 spiro atoms. The highest BCUT2D eigenvalue weighted by atomic mass is 15.1. The molecule has 0 unspecified atom stereocenters. The molecule has 0 aromatic heterocycles. The molecule has 1 aromatic rings. The van der Waals surface area contributed by atoms with Crippen molar-refractivity contribution in [3.63, 3.8) is 0 Å². The summed E-state index contributed by atoms with van der Waals surface area (Å²) in [6, 6.07) is 7.11. The highest BCUT2D eigenvalue weighted by Gasteiger charge is 2.20. The predicted molar refractivity (Wildman–Crippen MR) is 80.6 cm³/mol. The second-order valence-electron chi connectivity index (χ2n) is 6.54. The minimum atomic E-state index is 0.253. The van der Waals surface area contributed by atoms with Crippen LogP contribution in [-0.2, 0) is 11.8 Å². The van der Waals surface area contributed by atoms with Crippen molar-refractivity contribution in [2.75, 3.05) is 18.0 Å². The van der Waals surface area contributed by atoms with Gasteiger partial charge in [0.2, 0.25) is 0 Å². The Kier molecular flexibility index (Phi) is 3.99. The molecule has 0 atom stereocenters. The first-order valence-corrected chi connectivity index (χ1v) is 7.40. The zero-order chi connectivity index (χ0) is 13.2. The third-order valence-electron chi connectivity index (χ3n) is 3.95. The molecule has 0 N–H and O–H groups in total. The van der Waals surface area contributed by atoms with Gasteiger partial charge in [-0.1, -0.05) is 46.2 Å². The van der Waals surface area contributed by atoms with Crippen LogP contribution in [0.4, 0.5) is 5.69 Å². The fourth-order valence-electron chi connectivity index (χ4n) is 2.70. The van der Waals surface area contributed by atoms with Crippen LogP contribution in [0.5, 0.6) is 0 Å². The molecule has 1 aromatic carbocycles. The molecule has 0 saturated carbocycles. The van der Waals surface area contributed by atoms with Crippen LogP contribution in [0.2, 0.25) is 0 Å². The van der Waals surface area contributed by atoms with E-state index in [0.717, 1.165) is 0 Å². The monoisotopic (exact) mass is 245 g/mol. The Morgan fingerprint density at radius 2 is 2.00 bits per heavy atom. The van der Waals surface area contributed by atoms with Crippen LogP contribution in [-0.4, -0.2) is 13.1 Å². The van der Waals surface area contributed by atoms with Crippen LogP contribution in [0, 0.1) is 0 Å². The van der Waals surface area contributed by atoms with E-state index in [1.165, 1.54) is 50.0 Å². The largest absolute Gasteiger partial charge is 0.371 e. The van der Waals surface area contributed by atoms with Crippen molar-refractivity contribution in [3.8, 4) is 0 Å². The van der Waals surface area contributed by atoms with Crippen LogP contribution in [0.1, 0.15) is 58.1 Å². The maximum atomic E-state index is 2.59. The van der Waals surface area contributed by atoms with Gasteiger partial charge in [0.05, 0.1) is 0 Å². The molecule has 1 heterocycles. The summed E-state index contributed by atoms with van der Waals surface area (Å²) in [5.41, 5.74) is 4.76. The molecular formula is C17H27N. The zero-order valence-electron chi connectivity index (χ0n) is 12.4. The van der Waals surface area contributed by atoms with E-state index >= 15 is 0 Å². The molecule has 1 nitrogen and oxygen atoms in total. The van der Waals surface area contributed by atoms with Gasteiger partial charge in [0.15, 0.2) is 0 Å². The van der Waals surface area contributed by atoms with Crippen molar-refractivity contribution in [2.45, 2.75) is 58.8 Å². The minimum absolute atomic E-state index is 0.253. The molecule has 1 heteroatoms. The summed E-state index contributed by atoms with van der Waals surface area (Å²) in [5.74, 6) is 0. The molecule has 1 aliphatic rings. The molecule has 1 aliphatic heterocycles. The number of rotatable bonds is 3. The molecule has 18 heavy (non-hydrogen) atoms. The molecule has 0 aliphatic carbocycles. The van der Waals surface area contributed by atoms with Gasteiger partial charge in [-0.3, -0.25) is 0 Å². The lowest BCUT2D eigenvalue weighted by Crippen LogP contribution is -2.30. The molecule has 0 fully saturated rings. The number of aryl methyl sites for hydroxylation is 1. The van der Waals surface area contributed by atoms with Gasteiger partial charge >= 0.3 is 0 Å². The summed E-state index contributed by atoms with van der Waals surface area (Å²) in [4.78, 5) is 2.59. The maximum Gasteiger partial charge on any atom is 0.0401 e. The average Bonchev–Trinajstić information content (AvgIpc) is 2.34. The molecular weight excluding hydrogens is 218 g/mol. The van der Waals surface area contributed by atoms with E-state index in [4.69, 9.17) is 0 Å². The highest BCUT2D eigenvalue weighted by Crippen LogP contribution is 2.32. The summed E-state index contributed by atoms with van der Waals surface area (Å²) in [6.07, 6.45) is 5.15. The van der Waals surface area contributed by atoms with Crippen LogP contribution < -0.4 is 4.90 Å². The summed E-state index contributed by atoms with van der Waals surface area (Å²) in [7, 11) is 0. The Hall–Kier alpha value is -0.980. The summed E-state index contributed by atoms with van der Waals surface area (Å²) in [5, 5.41) is 0. The van der Waals surface area contributed by atoms with E-state index in [9.17, 15) is 0 Å². The lowest BCUT2D eigenvalue weighted by atomic mass is 9.85. The average molecular weight is 245 g/mol. The summed E-state index contributed by atoms with van der Waals surface area (Å²) in [6.45, 7) is 11.6. The predicted octanol–water partition coefficient (Wildman–Crippen LogP) is 4.54. The van der Waals surface area contributed by atoms with Crippen LogP contribution in [0.3, 0.4) is 0 Å². The molecule has 0 saturated heterocycles. The van der Waals surface area contributed by atoms with Crippen LogP contribution >= 0.6 is 0 Å². The Balaban J connectivity index is 2.29. The third-order valence-corrected chi connectivity index (χ3v) is 3.95. The van der Waals surface area contributed by atoms with Gasteiger partial charge in [0, 0.05) is 18.8 Å². The van der Waals surface area contributed by atoms with E-state index in [-0.39, 0.29) is 5.41 Å². The Labute approximate surface area is 112 Å². The number of nitrogens with zero attached hydrogens (tertiary/aromatic N) is 1. The van der Waals surface area contributed by atoms with Crippen LogP contribution in [0.15, 0.2) is 18.2 Å². The van der Waals surface area contributed by atoms with Gasteiger partial charge in [-0.2, -0.15) is 0 Å². The standard InChI is InChI=1S/C17H27N/c1-5-6-11-18-12-7-8-14-9-10-15(13-16(14)18)17(2,3)4/h9-10,13H,5-8,11-12H2,1-4H3. The van der Waals surface area contributed by atoms with E-state index in [1.807, 2.05) is 0 Å². The van der Waals surface area contributed by atoms with E-state index in [0.29, 0.717) is 0 Å². The molecule has 0 radical (unpaired) electrons. The molecule has 0 amide bonds. The van der Waals surface area contributed by atoms with Gasteiger partial charge in [0.25, 0.3) is 0 Å². The zero-order valence-corrected chi connectivity index (χ0v) is 12.4. The van der Waals surface area contributed by atoms with Gasteiger partial charge in [0.1, 0.15) is 0 Å². The number of anilines is 1. The topological polar surface area (TPSA) is 3.24 Å². The lowest BCUT2D eigenvalue weighted by molar-refractivity contribution is 0.587. The maximum absolute atomic E-state index is 2.59.